The molecule has 0 radical (unpaired) electrons. The predicted molar refractivity (Wildman–Crippen MR) is 131 cm³/mol. The fraction of sp³-hybridized carbons (Fsp3) is 0.462. The van der Waals surface area contributed by atoms with E-state index in [0.717, 1.165) is 0 Å². The lowest BCUT2D eigenvalue weighted by Crippen LogP contribution is -2.66. The van der Waals surface area contributed by atoms with Crippen LogP contribution >= 0.6 is 0 Å². The molecule has 1 N–H and O–H groups in total. The van der Waals surface area contributed by atoms with E-state index < -0.39 is 14.3 Å². The van der Waals surface area contributed by atoms with Crippen LogP contribution in [0.2, 0.25) is 5.04 Å². The number of unbranched alkanes of at least 4 members (excludes halogenated alkanes) is 1. The molecule has 0 aliphatic rings. The van der Waals surface area contributed by atoms with Gasteiger partial charge in [-0.3, -0.25) is 9.59 Å². The zero-order valence-electron chi connectivity index (χ0n) is 19.9. The van der Waals surface area contributed by atoms with Gasteiger partial charge in [0.2, 0.25) is 0 Å². The molecule has 0 spiro atoms. The molecule has 0 aliphatic heterocycles. The summed E-state index contributed by atoms with van der Waals surface area (Å²) in [4.78, 5) is 22.2. The fourth-order valence-electron chi connectivity index (χ4n) is 3.95. The minimum absolute atomic E-state index is 0.0712. The van der Waals surface area contributed by atoms with Crippen LogP contribution in [0.3, 0.4) is 0 Å². The monoisotopic (exact) mass is 472 g/mol. The van der Waals surface area contributed by atoms with Crippen LogP contribution in [0.1, 0.15) is 46.5 Å². The number of rotatable bonds is 14. The number of carbonyl (C=O) groups is 2. The molecule has 0 saturated carbocycles. The van der Waals surface area contributed by atoms with Gasteiger partial charge in [0.1, 0.15) is 6.61 Å². The molecule has 180 valence electrons. The lowest BCUT2D eigenvalue weighted by Gasteiger charge is -2.43. The van der Waals surface area contributed by atoms with Crippen molar-refractivity contribution in [2.75, 3.05) is 26.4 Å². The van der Waals surface area contributed by atoms with Gasteiger partial charge in [-0.2, -0.15) is 0 Å². The summed E-state index contributed by atoms with van der Waals surface area (Å²) in [6.07, 6.45) is 1.28. The first-order valence-corrected chi connectivity index (χ1v) is 13.4. The van der Waals surface area contributed by atoms with Crippen molar-refractivity contribution in [1.29, 1.82) is 0 Å². The van der Waals surface area contributed by atoms with Gasteiger partial charge in [0.25, 0.3) is 8.32 Å². The molecular weight excluding hydrogens is 436 g/mol. The van der Waals surface area contributed by atoms with E-state index in [1.54, 1.807) is 0 Å². The lowest BCUT2D eigenvalue weighted by atomic mass is 10.2. The van der Waals surface area contributed by atoms with Crippen LogP contribution in [0.25, 0.3) is 0 Å². The predicted octanol–water partition coefficient (Wildman–Crippen LogP) is 3.77. The van der Waals surface area contributed by atoms with Gasteiger partial charge in [-0.15, -0.1) is 0 Å². The van der Waals surface area contributed by atoms with Crippen LogP contribution in [-0.2, 0) is 23.5 Å². The first-order chi connectivity index (χ1) is 15.8. The molecule has 2 rings (SSSR count). The zero-order chi connectivity index (χ0) is 24.2. The Morgan fingerprint density at radius 3 is 1.82 bits per heavy atom. The summed E-state index contributed by atoms with van der Waals surface area (Å²) < 4.78 is 17.5. The first-order valence-electron chi connectivity index (χ1n) is 11.5. The molecule has 0 unspecified atom stereocenters. The van der Waals surface area contributed by atoms with Gasteiger partial charge < -0.3 is 19.0 Å². The highest BCUT2D eigenvalue weighted by Gasteiger charge is 2.49. The summed E-state index contributed by atoms with van der Waals surface area (Å²) in [7, 11) is -2.57. The van der Waals surface area contributed by atoms with E-state index in [-0.39, 0.29) is 30.5 Å². The lowest BCUT2D eigenvalue weighted by molar-refractivity contribution is -0.145. The second-order valence-corrected chi connectivity index (χ2v) is 13.3. The molecule has 6 nitrogen and oxygen atoms in total. The zero-order valence-corrected chi connectivity index (χ0v) is 20.9. The molecule has 0 atom stereocenters. The van der Waals surface area contributed by atoms with E-state index in [9.17, 15) is 9.59 Å². The van der Waals surface area contributed by atoms with Crippen molar-refractivity contribution in [2.24, 2.45) is 0 Å². The second-order valence-electron chi connectivity index (χ2n) is 8.95. The van der Waals surface area contributed by atoms with E-state index >= 15 is 0 Å². The molecule has 0 bridgehead atoms. The van der Waals surface area contributed by atoms with Gasteiger partial charge in [-0.25, -0.2) is 0 Å². The number of benzene rings is 2. The maximum Gasteiger partial charge on any atom is 0.305 e. The maximum atomic E-state index is 11.7. The molecular formula is C26H36O6Si. The summed E-state index contributed by atoms with van der Waals surface area (Å²) >= 11 is 0. The number of carbonyl (C=O) groups excluding carboxylic acids is 1. The number of carboxylic acids is 1. The summed E-state index contributed by atoms with van der Waals surface area (Å²) in [5.41, 5.74) is 0. The highest BCUT2D eigenvalue weighted by atomic mass is 28.4. The molecule has 0 aliphatic carbocycles. The molecule has 2 aromatic carbocycles. The third-order valence-electron chi connectivity index (χ3n) is 5.48. The van der Waals surface area contributed by atoms with Gasteiger partial charge in [0.15, 0.2) is 0 Å². The first kappa shape index (κ1) is 26.8. The van der Waals surface area contributed by atoms with Gasteiger partial charge >= 0.3 is 11.9 Å². The number of esters is 1. The number of hydrogen-bond acceptors (Lipinski definition) is 5. The number of aliphatic carboxylic acids is 1. The molecule has 7 heteroatoms. The average Bonchev–Trinajstić information content (AvgIpc) is 2.79. The van der Waals surface area contributed by atoms with Crippen LogP contribution in [-0.4, -0.2) is 51.8 Å². The Labute approximate surface area is 198 Å². The normalized spacial score (nSPS) is 11.8. The topological polar surface area (TPSA) is 82.1 Å². The van der Waals surface area contributed by atoms with Crippen LogP contribution in [0.5, 0.6) is 0 Å². The Kier molecular flexibility index (Phi) is 10.8. The summed E-state index contributed by atoms with van der Waals surface area (Å²) in [6, 6.07) is 20.9. The maximum absolute atomic E-state index is 11.7. The highest BCUT2D eigenvalue weighted by molar-refractivity contribution is 6.99. The largest absolute Gasteiger partial charge is 0.481 e. The van der Waals surface area contributed by atoms with Crippen molar-refractivity contribution in [3.63, 3.8) is 0 Å². The molecule has 0 fully saturated rings. The molecule has 0 amide bonds. The second kappa shape index (κ2) is 13.3. The molecule has 2 aromatic rings. The van der Waals surface area contributed by atoms with E-state index in [2.05, 4.69) is 69.3 Å². The number of carboxylic acid groups (broad SMARTS) is 1. The third-order valence-corrected chi connectivity index (χ3v) is 10.5. The van der Waals surface area contributed by atoms with E-state index in [1.807, 2.05) is 12.1 Å². The van der Waals surface area contributed by atoms with Crippen LogP contribution < -0.4 is 10.4 Å². The minimum Gasteiger partial charge on any atom is -0.481 e. The van der Waals surface area contributed by atoms with E-state index in [0.29, 0.717) is 32.7 Å². The Balaban J connectivity index is 1.87. The van der Waals surface area contributed by atoms with Crippen LogP contribution in [0, 0.1) is 0 Å². The fourth-order valence-corrected chi connectivity index (χ4v) is 8.49. The van der Waals surface area contributed by atoms with Gasteiger partial charge in [0, 0.05) is 12.8 Å². The molecule has 0 saturated heterocycles. The summed E-state index contributed by atoms with van der Waals surface area (Å²) in [5, 5.41) is 11.0. The van der Waals surface area contributed by atoms with E-state index in [1.165, 1.54) is 10.4 Å². The van der Waals surface area contributed by atoms with Gasteiger partial charge in [-0.05, 0) is 28.3 Å². The van der Waals surface area contributed by atoms with E-state index in [4.69, 9.17) is 19.0 Å². The van der Waals surface area contributed by atoms with Gasteiger partial charge in [-0.1, -0.05) is 81.4 Å². The standard InChI is InChI=1S/C26H36O6Si/c1-26(2,3)33(22-12-6-4-7-13-22,23-14-8-5-9-15-23)32-21-19-30-18-20-31-25(29)17-11-10-16-24(27)28/h4-9,12-15H,10-11,16-21H2,1-3H3,(H,27,28). The molecule has 0 heterocycles. The molecule has 0 aromatic heterocycles. The van der Waals surface area contributed by atoms with Crippen molar-refractivity contribution in [3.8, 4) is 0 Å². The van der Waals surface area contributed by atoms with Crippen molar-refractivity contribution >= 4 is 30.6 Å². The van der Waals surface area contributed by atoms with Crippen molar-refractivity contribution < 1.29 is 28.6 Å². The Hall–Kier alpha value is -2.48. The minimum atomic E-state index is -2.57. The van der Waals surface area contributed by atoms with Crippen LogP contribution in [0.15, 0.2) is 60.7 Å². The Bertz CT molecular complexity index is 809. The SMILES string of the molecule is CC(C)(C)[Si](OCCOCCOC(=O)CCCCC(=O)O)(c1ccccc1)c1ccccc1. The van der Waals surface area contributed by atoms with Gasteiger partial charge in [0.05, 0.1) is 19.8 Å². The average molecular weight is 473 g/mol. The smallest absolute Gasteiger partial charge is 0.305 e. The van der Waals surface area contributed by atoms with Crippen LogP contribution in [0.4, 0.5) is 0 Å². The number of ether oxygens (including phenoxy) is 2. The third kappa shape index (κ3) is 8.10. The summed E-state index contributed by atoms with van der Waals surface area (Å²) in [5.74, 6) is -1.18. The Morgan fingerprint density at radius 1 is 0.788 bits per heavy atom. The quantitative estimate of drug-likeness (QED) is 0.256. The number of hydrogen-bond donors (Lipinski definition) is 1. The van der Waals surface area contributed by atoms with Crippen molar-refractivity contribution in [3.05, 3.63) is 60.7 Å². The molecule has 33 heavy (non-hydrogen) atoms. The summed E-state index contributed by atoms with van der Waals surface area (Å²) in [6.45, 7) is 8.01. The Morgan fingerprint density at radius 2 is 1.30 bits per heavy atom. The van der Waals surface area contributed by atoms with Crippen molar-refractivity contribution in [1.82, 2.24) is 0 Å². The van der Waals surface area contributed by atoms with Crippen molar-refractivity contribution in [2.45, 2.75) is 51.5 Å². The highest BCUT2D eigenvalue weighted by Crippen LogP contribution is 2.36.